The Balaban J connectivity index is 2.51. The fraction of sp³-hybridized carbons (Fsp3) is 0.400. The summed E-state index contributed by atoms with van der Waals surface area (Å²) in [4.78, 5) is 9.86. The molecule has 0 aromatic carbocycles. The maximum absolute atomic E-state index is 9.86. The van der Waals surface area contributed by atoms with Crippen LogP contribution in [0.4, 0.5) is 0 Å². The van der Waals surface area contributed by atoms with Gasteiger partial charge in [0.1, 0.15) is 6.29 Å². The minimum atomic E-state index is 0.675. The first kappa shape index (κ1) is 4.37. The first-order valence-electron chi connectivity index (χ1n) is 2.19. The van der Waals surface area contributed by atoms with E-state index in [9.17, 15) is 4.79 Å². The van der Waals surface area contributed by atoms with Crippen LogP contribution < -0.4 is 0 Å². The van der Waals surface area contributed by atoms with E-state index >= 15 is 0 Å². The van der Waals surface area contributed by atoms with Gasteiger partial charge in [0.15, 0.2) is 0 Å². The van der Waals surface area contributed by atoms with Crippen LogP contribution in [0.5, 0.6) is 0 Å². The van der Waals surface area contributed by atoms with Crippen LogP contribution in [0.3, 0.4) is 0 Å². The van der Waals surface area contributed by atoms with Gasteiger partial charge in [-0.25, -0.2) is 0 Å². The molecule has 0 aromatic heterocycles. The maximum atomic E-state index is 9.86. The first-order valence-corrected chi connectivity index (χ1v) is 2.19. The second-order valence-corrected chi connectivity index (χ2v) is 1.43. The Bertz CT molecular complexity index is 105. The highest BCUT2D eigenvalue weighted by Gasteiger charge is 2.00. The molecule has 0 amide bonds. The number of hydrogen-bond acceptors (Lipinski definition) is 2. The lowest BCUT2D eigenvalue weighted by atomic mass is 10.3. The molecule has 0 bridgehead atoms. The van der Waals surface area contributed by atoms with Crippen LogP contribution in [-0.2, 0) is 9.53 Å². The zero-order valence-electron chi connectivity index (χ0n) is 3.89. The Morgan fingerprint density at radius 3 is 3.00 bits per heavy atom. The molecule has 0 radical (unpaired) electrons. The van der Waals surface area contributed by atoms with E-state index in [2.05, 4.69) is 0 Å². The van der Waals surface area contributed by atoms with E-state index < -0.39 is 0 Å². The lowest BCUT2D eigenvalue weighted by Gasteiger charge is -1.79. The van der Waals surface area contributed by atoms with E-state index in [1.165, 1.54) is 6.26 Å². The van der Waals surface area contributed by atoms with E-state index in [-0.39, 0.29) is 0 Å². The highest BCUT2D eigenvalue weighted by Crippen LogP contribution is 2.05. The lowest BCUT2D eigenvalue weighted by Crippen LogP contribution is -1.78. The standard InChI is InChI=1S/C5H6O2/c6-3-5-1-2-7-4-5/h3-4H,1-2H2. The zero-order chi connectivity index (χ0) is 5.11. The van der Waals surface area contributed by atoms with Crippen molar-refractivity contribution in [2.45, 2.75) is 6.42 Å². The minimum absolute atomic E-state index is 0.675. The Kier molecular flexibility index (Phi) is 1.11. The molecule has 0 saturated heterocycles. The van der Waals surface area contributed by atoms with Crippen LogP contribution in [0.1, 0.15) is 6.42 Å². The monoisotopic (exact) mass is 98.0 g/mol. The van der Waals surface area contributed by atoms with E-state index in [0.29, 0.717) is 6.61 Å². The van der Waals surface area contributed by atoms with Gasteiger partial charge >= 0.3 is 0 Å². The molecule has 1 rings (SSSR count). The first-order chi connectivity index (χ1) is 3.43. The average molecular weight is 98.1 g/mol. The van der Waals surface area contributed by atoms with Crippen molar-refractivity contribution in [2.75, 3.05) is 6.61 Å². The SMILES string of the molecule is O=CC1=COCC1. The number of aldehydes is 1. The Morgan fingerprint density at radius 1 is 1.86 bits per heavy atom. The highest BCUT2D eigenvalue weighted by molar-refractivity contribution is 5.73. The van der Waals surface area contributed by atoms with E-state index in [1.54, 1.807) is 0 Å². The van der Waals surface area contributed by atoms with Crippen LogP contribution in [-0.4, -0.2) is 12.9 Å². The smallest absolute Gasteiger partial charge is 0.149 e. The summed E-state index contributed by atoms with van der Waals surface area (Å²) < 4.78 is 4.75. The summed E-state index contributed by atoms with van der Waals surface area (Å²) in [5.41, 5.74) is 0.764. The normalized spacial score (nSPS) is 18.0. The average Bonchev–Trinajstić information content (AvgIpc) is 2.14. The molecule has 38 valence electrons. The number of carbonyl (C=O) groups excluding carboxylic acids is 1. The van der Waals surface area contributed by atoms with E-state index in [1.807, 2.05) is 0 Å². The molecule has 1 aliphatic rings. The molecule has 0 N–H and O–H groups in total. The van der Waals surface area contributed by atoms with E-state index in [0.717, 1.165) is 18.3 Å². The maximum Gasteiger partial charge on any atom is 0.149 e. The van der Waals surface area contributed by atoms with Gasteiger partial charge in [-0.2, -0.15) is 0 Å². The van der Waals surface area contributed by atoms with Gasteiger partial charge in [-0.1, -0.05) is 0 Å². The summed E-state index contributed by atoms with van der Waals surface area (Å²) in [6.07, 6.45) is 3.11. The predicted octanol–water partition coefficient (Wildman–Crippen LogP) is 0.489. The molecular weight excluding hydrogens is 92.1 g/mol. The Labute approximate surface area is 41.8 Å². The van der Waals surface area contributed by atoms with Gasteiger partial charge < -0.3 is 4.74 Å². The van der Waals surface area contributed by atoms with Gasteiger partial charge in [-0.15, -0.1) is 0 Å². The molecule has 0 spiro atoms. The quantitative estimate of drug-likeness (QED) is 0.446. The topological polar surface area (TPSA) is 26.3 Å². The molecule has 0 saturated carbocycles. The van der Waals surface area contributed by atoms with Crippen molar-refractivity contribution in [2.24, 2.45) is 0 Å². The fourth-order valence-corrected chi connectivity index (χ4v) is 0.488. The summed E-state index contributed by atoms with van der Waals surface area (Å²) >= 11 is 0. The Morgan fingerprint density at radius 2 is 2.71 bits per heavy atom. The molecule has 2 heteroatoms. The molecule has 0 fully saturated rings. The van der Waals surface area contributed by atoms with Crippen LogP contribution in [0.15, 0.2) is 11.8 Å². The number of rotatable bonds is 1. The fourth-order valence-electron chi connectivity index (χ4n) is 0.488. The molecular formula is C5H6O2. The third-order valence-corrected chi connectivity index (χ3v) is 0.895. The van der Waals surface area contributed by atoms with Crippen molar-refractivity contribution in [3.8, 4) is 0 Å². The molecule has 0 aromatic rings. The number of carbonyl (C=O) groups is 1. The second kappa shape index (κ2) is 1.78. The van der Waals surface area contributed by atoms with Crippen molar-refractivity contribution in [1.82, 2.24) is 0 Å². The summed E-state index contributed by atoms with van der Waals surface area (Å²) in [7, 11) is 0. The molecule has 2 nitrogen and oxygen atoms in total. The van der Waals surface area contributed by atoms with Gasteiger partial charge in [-0.3, -0.25) is 4.79 Å². The number of hydrogen-bond donors (Lipinski definition) is 0. The van der Waals surface area contributed by atoms with Crippen LogP contribution >= 0.6 is 0 Å². The summed E-state index contributed by atoms with van der Waals surface area (Å²) in [5, 5.41) is 0. The van der Waals surface area contributed by atoms with Gasteiger partial charge in [0, 0.05) is 12.0 Å². The van der Waals surface area contributed by atoms with Crippen LogP contribution in [0, 0.1) is 0 Å². The van der Waals surface area contributed by atoms with Crippen molar-refractivity contribution in [1.29, 1.82) is 0 Å². The van der Waals surface area contributed by atoms with Gasteiger partial charge in [-0.05, 0) is 0 Å². The third kappa shape index (κ3) is 0.796. The van der Waals surface area contributed by atoms with E-state index in [4.69, 9.17) is 4.74 Å². The molecule has 0 atom stereocenters. The summed E-state index contributed by atoms with van der Waals surface area (Å²) in [6, 6.07) is 0. The van der Waals surface area contributed by atoms with Crippen LogP contribution in [0.25, 0.3) is 0 Å². The lowest BCUT2D eigenvalue weighted by molar-refractivity contribution is -0.105. The largest absolute Gasteiger partial charge is 0.500 e. The van der Waals surface area contributed by atoms with Crippen molar-refractivity contribution < 1.29 is 9.53 Å². The summed E-state index contributed by atoms with van der Waals surface area (Å²) in [5.74, 6) is 0. The molecule has 0 unspecified atom stereocenters. The Hall–Kier alpha value is -0.790. The minimum Gasteiger partial charge on any atom is -0.500 e. The van der Waals surface area contributed by atoms with Crippen LogP contribution in [0.2, 0.25) is 0 Å². The van der Waals surface area contributed by atoms with Crippen molar-refractivity contribution >= 4 is 6.29 Å². The highest BCUT2D eigenvalue weighted by atomic mass is 16.5. The van der Waals surface area contributed by atoms with Gasteiger partial charge in [0.05, 0.1) is 12.9 Å². The molecule has 1 aliphatic heterocycles. The summed E-state index contributed by atoms with van der Waals surface area (Å²) in [6.45, 7) is 0.675. The van der Waals surface area contributed by atoms with Crippen molar-refractivity contribution in [3.63, 3.8) is 0 Å². The second-order valence-electron chi connectivity index (χ2n) is 1.43. The third-order valence-electron chi connectivity index (χ3n) is 0.895. The van der Waals surface area contributed by atoms with Gasteiger partial charge in [0.2, 0.25) is 0 Å². The molecule has 7 heavy (non-hydrogen) atoms. The van der Waals surface area contributed by atoms with Crippen molar-refractivity contribution in [3.05, 3.63) is 11.8 Å². The predicted molar refractivity (Wildman–Crippen MR) is 24.7 cm³/mol. The van der Waals surface area contributed by atoms with Gasteiger partial charge in [0.25, 0.3) is 0 Å². The zero-order valence-corrected chi connectivity index (χ0v) is 3.89. The molecule has 1 heterocycles. The molecule has 0 aliphatic carbocycles. The number of ether oxygens (including phenoxy) is 1.